The molecule has 1 fully saturated rings. The maximum absolute atomic E-state index is 13.4. The molecule has 0 saturated carbocycles. The first-order chi connectivity index (χ1) is 18.9. The summed E-state index contributed by atoms with van der Waals surface area (Å²) in [6.07, 6.45) is -3.55. The number of amides is 1. The number of carbonyl (C=O) groups is 2. The number of hydrogen-bond acceptors (Lipinski definition) is 8. The molecular formula is C28H38F3N7O3. The van der Waals surface area contributed by atoms with E-state index in [0.29, 0.717) is 12.4 Å². The van der Waals surface area contributed by atoms with Gasteiger partial charge in [-0.1, -0.05) is 45.0 Å². The summed E-state index contributed by atoms with van der Waals surface area (Å²) in [6, 6.07) is 12.0. The molecule has 1 amide bonds. The molecular weight excluding hydrogens is 539 g/mol. The largest absolute Gasteiger partial charge is 0.490 e. The average Bonchev–Trinajstić information content (AvgIpc) is 2.89. The number of aromatic nitrogens is 2. The van der Waals surface area contributed by atoms with Crippen LogP contribution in [0.5, 0.6) is 0 Å². The van der Waals surface area contributed by atoms with Crippen LogP contribution in [-0.4, -0.2) is 82.7 Å². The Kier molecular flexibility index (Phi) is 11.2. The van der Waals surface area contributed by atoms with Crippen LogP contribution in [0.4, 0.5) is 19.0 Å². The summed E-state index contributed by atoms with van der Waals surface area (Å²) in [4.78, 5) is 35.4. The van der Waals surface area contributed by atoms with E-state index in [1.54, 1.807) is 11.1 Å². The lowest BCUT2D eigenvalue weighted by molar-refractivity contribution is -0.192. The molecule has 0 radical (unpaired) electrons. The number of alkyl halides is 3. The molecule has 2 heterocycles. The van der Waals surface area contributed by atoms with Gasteiger partial charge in [0, 0.05) is 51.5 Å². The Labute approximate surface area is 238 Å². The van der Waals surface area contributed by atoms with Crippen molar-refractivity contribution in [3.8, 4) is 6.07 Å². The normalized spacial score (nSPS) is 14.8. The Morgan fingerprint density at radius 3 is 2.10 bits per heavy atom. The second-order valence-electron chi connectivity index (χ2n) is 11.6. The highest BCUT2D eigenvalue weighted by Gasteiger charge is 2.38. The van der Waals surface area contributed by atoms with Crippen LogP contribution in [0, 0.1) is 16.7 Å². The standard InChI is InChI=1S/C26H37N7O.C2HF3O2/c1-25(2,3)19-33(23-11-12-28-22(17-27)29-23)30-24(34)26(4,5)21-9-7-20(8-10-21)18-32-15-13-31(6)14-16-32;3-2(4,5)1(6)7/h7-12H,13-16,18-19H2,1-6H3,(H,30,34);(H,6,7). The van der Waals surface area contributed by atoms with Gasteiger partial charge in [0.05, 0.1) is 5.41 Å². The van der Waals surface area contributed by atoms with E-state index in [0.717, 1.165) is 38.3 Å². The molecule has 0 bridgehead atoms. The van der Waals surface area contributed by atoms with Crippen molar-refractivity contribution in [2.75, 3.05) is 44.8 Å². The summed E-state index contributed by atoms with van der Waals surface area (Å²) in [7, 11) is 2.16. The highest BCUT2D eigenvalue weighted by molar-refractivity contribution is 5.88. The zero-order valence-electron chi connectivity index (χ0n) is 24.3. The number of carboxylic acids is 1. The van der Waals surface area contributed by atoms with Crippen molar-refractivity contribution in [3.05, 3.63) is 53.5 Å². The van der Waals surface area contributed by atoms with Gasteiger partial charge in [0.15, 0.2) is 5.82 Å². The number of aliphatic carboxylic acids is 1. The number of hydrazine groups is 1. The number of likely N-dealkylation sites (N-methyl/N-ethyl adjacent to an activating group) is 1. The Morgan fingerprint density at radius 2 is 1.61 bits per heavy atom. The molecule has 1 aliphatic rings. The van der Waals surface area contributed by atoms with Crippen molar-refractivity contribution in [2.45, 2.75) is 52.8 Å². The maximum Gasteiger partial charge on any atom is 0.490 e. The minimum atomic E-state index is -5.08. The van der Waals surface area contributed by atoms with Crippen LogP contribution in [-0.2, 0) is 21.5 Å². The Morgan fingerprint density at radius 1 is 1.05 bits per heavy atom. The van der Waals surface area contributed by atoms with Gasteiger partial charge in [0.2, 0.25) is 11.7 Å². The van der Waals surface area contributed by atoms with Crippen molar-refractivity contribution in [1.29, 1.82) is 5.26 Å². The molecule has 0 atom stereocenters. The Balaban J connectivity index is 0.000000745. The monoisotopic (exact) mass is 577 g/mol. The van der Waals surface area contributed by atoms with Crippen molar-refractivity contribution < 1.29 is 27.9 Å². The third-order valence-corrected chi connectivity index (χ3v) is 6.37. The summed E-state index contributed by atoms with van der Waals surface area (Å²) in [5.74, 6) is -2.33. The third kappa shape index (κ3) is 10.6. The molecule has 1 aliphatic heterocycles. The number of hydrogen-bond donors (Lipinski definition) is 2. The van der Waals surface area contributed by atoms with Crippen LogP contribution in [0.25, 0.3) is 0 Å². The van der Waals surface area contributed by atoms with Gasteiger partial charge in [-0.15, -0.1) is 0 Å². The first-order valence-corrected chi connectivity index (χ1v) is 13.0. The van der Waals surface area contributed by atoms with Gasteiger partial charge >= 0.3 is 12.1 Å². The highest BCUT2D eigenvalue weighted by Crippen LogP contribution is 2.26. The van der Waals surface area contributed by atoms with Crippen LogP contribution in [0.2, 0.25) is 0 Å². The molecule has 13 heteroatoms. The van der Waals surface area contributed by atoms with Gasteiger partial charge in [0.25, 0.3) is 0 Å². The number of nitrogens with one attached hydrogen (secondary N) is 1. The van der Waals surface area contributed by atoms with Gasteiger partial charge < -0.3 is 10.0 Å². The molecule has 2 N–H and O–H groups in total. The number of piperazine rings is 1. The lowest BCUT2D eigenvalue weighted by Crippen LogP contribution is -2.52. The molecule has 224 valence electrons. The van der Waals surface area contributed by atoms with Crippen LogP contribution in [0.3, 0.4) is 0 Å². The SMILES string of the molecule is CN1CCN(Cc2ccc(C(C)(C)C(=O)NN(CC(C)(C)C)c3ccnc(C#N)n3)cc2)CC1.O=C(O)C(F)(F)F. The molecule has 1 aromatic carbocycles. The average molecular weight is 578 g/mol. The fourth-order valence-electron chi connectivity index (χ4n) is 3.89. The van der Waals surface area contributed by atoms with E-state index < -0.39 is 17.6 Å². The van der Waals surface area contributed by atoms with E-state index in [2.05, 4.69) is 77.3 Å². The summed E-state index contributed by atoms with van der Waals surface area (Å²) in [6.45, 7) is 15.9. The number of benzene rings is 1. The van der Waals surface area contributed by atoms with Crippen LogP contribution in [0.1, 0.15) is 51.6 Å². The predicted molar refractivity (Wildman–Crippen MR) is 148 cm³/mol. The molecule has 1 aromatic heterocycles. The predicted octanol–water partition coefficient (Wildman–Crippen LogP) is 3.59. The topological polar surface area (TPSA) is 126 Å². The summed E-state index contributed by atoms with van der Waals surface area (Å²) in [5, 5.41) is 18.0. The highest BCUT2D eigenvalue weighted by atomic mass is 19.4. The molecule has 2 aromatic rings. The molecule has 1 saturated heterocycles. The van der Waals surface area contributed by atoms with Gasteiger partial charge in [-0.3, -0.25) is 20.1 Å². The summed E-state index contributed by atoms with van der Waals surface area (Å²) >= 11 is 0. The van der Waals surface area contributed by atoms with Crippen LogP contribution < -0.4 is 10.4 Å². The van der Waals surface area contributed by atoms with Gasteiger partial charge in [0.1, 0.15) is 6.07 Å². The van der Waals surface area contributed by atoms with Crippen LogP contribution >= 0.6 is 0 Å². The van der Waals surface area contributed by atoms with Gasteiger partial charge in [-0.05, 0) is 37.4 Å². The van der Waals surface area contributed by atoms with E-state index >= 15 is 0 Å². The quantitative estimate of drug-likeness (QED) is 0.475. The van der Waals surface area contributed by atoms with E-state index in [1.807, 2.05) is 19.9 Å². The van der Waals surface area contributed by atoms with E-state index in [1.165, 1.54) is 11.8 Å². The fraction of sp³-hybridized carbons (Fsp3) is 0.536. The number of carboxylic acid groups (broad SMARTS) is 1. The van der Waals surface area contributed by atoms with E-state index in [9.17, 15) is 23.2 Å². The maximum atomic E-state index is 13.4. The number of nitrogens with zero attached hydrogens (tertiary/aromatic N) is 6. The van der Waals surface area contributed by atoms with Gasteiger partial charge in [-0.2, -0.15) is 23.4 Å². The summed E-state index contributed by atoms with van der Waals surface area (Å²) in [5.41, 5.74) is 4.38. The van der Waals surface area contributed by atoms with E-state index in [-0.39, 0.29) is 17.1 Å². The Bertz CT molecular complexity index is 1210. The number of carbonyl (C=O) groups excluding carboxylic acids is 1. The lowest BCUT2D eigenvalue weighted by Gasteiger charge is -2.34. The second kappa shape index (κ2) is 13.7. The fourth-order valence-corrected chi connectivity index (χ4v) is 3.89. The molecule has 3 rings (SSSR count). The minimum absolute atomic E-state index is 0.0702. The first-order valence-electron chi connectivity index (χ1n) is 13.0. The van der Waals surface area contributed by atoms with Crippen molar-refractivity contribution >= 4 is 17.7 Å². The first kappa shape index (κ1) is 33.4. The van der Waals surface area contributed by atoms with Crippen LogP contribution in [0.15, 0.2) is 36.5 Å². The zero-order chi connectivity index (χ0) is 31.0. The Hall–Kier alpha value is -3.76. The molecule has 0 unspecified atom stereocenters. The van der Waals surface area contributed by atoms with Crippen molar-refractivity contribution in [1.82, 2.24) is 25.2 Å². The molecule has 10 nitrogen and oxygen atoms in total. The molecule has 0 spiro atoms. The van der Waals surface area contributed by atoms with Crippen molar-refractivity contribution in [2.24, 2.45) is 5.41 Å². The number of rotatable bonds is 7. The minimum Gasteiger partial charge on any atom is -0.475 e. The van der Waals surface area contributed by atoms with Crippen molar-refractivity contribution in [3.63, 3.8) is 0 Å². The van der Waals surface area contributed by atoms with Gasteiger partial charge in [-0.25, -0.2) is 9.78 Å². The molecule has 41 heavy (non-hydrogen) atoms. The number of nitriles is 1. The second-order valence-corrected chi connectivity index (χ2v) is 11.6. The third-order valence-electron chi connectivity index (χ3n) is 6.37. The molecule has 0 aliphatic carbocycles. The zero-order valence-corrected chi connectivity index (χ0v) is 24.3. The number of anilines is 1. The van der Waals surface area contributed by atoms with E-state index in [4.69, 9.17) is 9.90 Å². The lowest BCUT2D eigenvalue weighted by atomic mass is 9.83. The smallest absolute Gasteiger partial charge is 0.475 e. The number of halogens is 3. The summed E-state index contributed by atoms with van der Waals surface area (Å²) < 4.78 is 31.7.